The summed E-state index contributed by atoms with van der Waals surface area (Å²) in [6.07, 6.45) is 0.896. The first-order valence-corrected chi connectivity index (χ1v) is 7.21. The summed E-state index contributed by atoms with van der Waals surface area (Å²) in [4.78, 5) is 14.7. The van der Waals surface area contributed by atoms with Gasteiger partial charge in [0, 0.05) is 30.5 Å². The van der Waals surface area contributed by atoms with Gasteiger partial charge in [0.1, 0.15) is 0 Å². The van der Waals surface area contributed by atoms with Crippen molar-refractivity contribution in [1.29, 1.82) is 0 Å². The van der Waals surface area contributed by atoms with Gasteiger partial charge < -0.3 is 9.64 Å². The summed E-state index contributed by atoms with van der Waals surface area (Å²) in [6.45, 7) is 2.66. The number of benzene rings is 2. The molecule has 1 amide bonds. The summed E-state index contributed by atoms with van der Waals surface area (Å²) in [5, 5.41) is 0. The molecule has 2 aromatic carbocycles. The molecule has 3 rings (SSSR count). The van der Waals surface area contributed by atoms with Crippen molar-refractivity contribution < 1.29 is 9.53 Å². The lowest BCUT2D eigenvalue weighted by atomic mass is 9.97. The molecule has 0 aliphatic carbocycles. The molecule has 0 aromatic heterocycles. The Hall–Kier alpha value is -2.13. The van der Waals surface area contributed by atoms with Gasteiger partial charge in [0.05, 0.1) is 6.10 Å². The minimum absolute atomic E-state index is 0.0649. The lowest BCUT2D eigenvalue weighted by Gasteiger charge is -2.34. The Balaban J connectivity index is 2.01. The predicted octanol–water partition coefficient (Wildman–Crippen LogP) is 3.73. The van der Waals surface area contributed by atoms with Crippen LogP contribution < -0.4 is 4.90 Å². The van der Waals surface area contributed by atoms with E-state index in [1.165, 1.54) is 0 Å². The number of aryl methyl sites for hydroxylation is 1. The van der Waals surface area contributed by atoms with Crippen molar-refractivity contribution in [2.24, 2.45) is 0 Å². The lowest BCUT2D eigenvalue weighted by molar-refractivity contribution is 0.0868. The minimum Gasteiger partial charge on any atom is -0.377 e. The van der Waals surface area contributed by atoms with Gasteiger partial charge in [-0.15, -0.1) is 0 Å². The van der Waals surface area contributed by atoms with Crippen LogP contribution >= 0.6 is 0 Å². The first-order valence-electron chi connectivity index (χ1n) is 7.21. The van der Waals surface area contributed by atoms with Gasteiger partial charge in [-0.05, 0) is 31.0 Å². The van der Waals surface area contributed by atoms with Crippen molar-refractivity contribution in [3.63, 3.8) is 0 Å². The number of methoxy groups -OCH3 is 1. The summed E-state index contributed by atoms with van der Waals surface area (Å²) >= 11 is 0. The zero-order chi connectivity index (χ0) is 14.8. The molecule has 1 aliphatic heterocycles. The highest BCUT2D eigenvalue weighted by molar-refractivity contribution is 6.07. The van der Waals surface area contributed by atoms with Crippen LogP contribution in [-0.4, -0.2) is 19.6 Å². The maximum atomic E-state index is 12.9. The predicted molar refractivity (Wildman–Crippen MR) is 83.7 cm³/mol. The highest BCUT2D eigenvalue weighted by Gasteiger charge is 2.29. The molecule has 0 spiro atoms. The van der Waals surface area contributed by atoms with Crippen molar-refractivity contribution in [3.05, 3.63) is 65.2 Å². The highest BCUT2D eigenvalue weighted by atomic mass is 16.5. The second-order valence-corrected chi connectivity index (χ2v) is 5.34. The molecule has 0 bridgehead atoms. The average Bonchev–Trinajstić information content (AvgIpc) is 2.53. The van der Waals surface area contributed by atoms with Crippen LogP contribution in [0.1, 0.15) is 34.0 Å². The zero-order valence-electron chi connectivity index (χ0n) is 12.4. The number of anilines is 1. The SMILES string of the molecule is COC1CCN(C(=O)c2ccccc2C)c2ccccc21. The smallest absolute Gasteiger partial charge is 0.258 e. The quantitative estimate of drug-likeness (QED) is 0.839. The van der Waals surface area contributed by atoms with Crippen LogP contribution in [0.3, 0.4) is 0 Å². The number of para-hydroxylation sites is 1. The molecule has 1 unspecified atom stereocenters. The van der Waals surface area contributed by atoms with Gasteiger partial charge in [0.15, 0.2) is 0 Å². The van der Waals surface area contributed by atoms with E-state index in [2.05, 4.69) is 0 Å². The molecule has 1 heterocycles. The molecule has 1 atom stereocenters. The van der Waals surface area contributed by atoms with Gasteiger partial charge >= 0.3 is 0 Å². The summed E-state index contributed by atoms with van der Waals surface area (Å²) < 4.78 is 5.54. The molecule has 108 valence electrons. The molecule has 1 aliphatic rings. The number of hydrogen-bond acceptors (Lipinski definition) is 2. The number of nitrogens with zero attached hydrogens (tertiary/aromatic N) is 1. The fourth-order valence-electron chi connectivity index (χ4n) is 2.94. The van der Waals surface area contributed by atoms with Crippen molar-refractivity contribution in [2.45, 2.75) is 19.4 Å². The van der Waals surface area contributed by atoms with E-state index in [4.69, 9.17) is 4.74 Å². The van der Waals surface area contributed by atoms with Crippen LogP contribution in [0.5, 0.6) is 0 Å². The van der Waals surface area contributed by atoms with Crippen LogP contribution in [-0.2, 0) is 4.74 Å². The molecule has 0 fully saturated rings. The van der Waals surface area contributed by atoms with Gasteiger partial charge in [-0.2, -0.15) is 0 Å². The molecular weight excluding hydrogens is 262 g/mol. The Labute approximate surface area is 125 Å². The fraction of sp³-hybridized carbons (Fsp3) is 0.278. The number of rotatable bonds is 2. The van der Waals surface area contributed by atoms with E-state index in [0.717, 1.165) is 28.8 Å². The van der Waals surface area contributed by atoms with E-state index >= 15 is 0 Å². The monoisotopic (exact) mass is 281 g/mol. The third-order valence-electron chi connectivity index (χ3n) is 4.09. The fourth-order valence-corrected chi connectivity index (χ4v) is 2.94. The largest absolute Gasteiger partial charge is 0.377 e. The van der Waals surface area contributed by atoms with Crippen molar-refractivity contribution in [3.8, 4) is 0 Å². The van der Waals surface area contributed by atoms with Crippen LogP contribution in [0.25, 0.3) is 0 Å². The Kier molecular flexibility index (Phi) is 3.76. The van der Waals surface area contributed by atoms with Crippen LogP contribution in [0.4, 0.5) is 5.69 Å². The van der Waals surface area contributed by atoms with E-state index in [1.54, 1.807) is 7.11 Å². The number of carbonyl (C=O) groups is 1. The molecule has 0 radical (unpaired) electrons. The van der Waals surface area contributed by atoms with Gasteiger partial charge in [0.2, 0.25) is 0 Å². The second-order valence-electron chi connectivity index (χ2n) is 5.34. The maximum Gasteiger partial charge on any atom is 0.258 e. The van der Waals surface area contributed by atoms with Gasteiger partial charge in [-0.3, -0.25) is 4.79 Å². The topological polar surface area (TPSA) is 29.5 Å². The molecule has 0 N–H and O–H groups in total. The Morgan fingerprint density at radius 2 is 1.86 bits per heavy atom. The van der Waals surface area contributed by atoms with E-state index in [1.807, 2.05) is 60.4 Å². The lowest BCUT2D eigenvalue weighted by Crippen LogP contribution is -2.37. The minimum atomic E-state index is 0.0649. The molecule has 0 saturated heterocycles. The number of amides is 1. The van der Waals surface area contributed by atoms with E-state index in [0.29, 0.717) is 6.54 Å². The maximum absolute atomic E-state index is 12.9. The zero-order valence-corrected chi connectivity index (χ0v) is 12.4. The standard InChI is InChI=1S/C18H19NO2/c1-13-7-3-4-8-14(13)18(20)19-12-11-17(21-2)15-9-5-6-10-16(15)19/h3-10,17H,11-12H2,1-2H3. The van der Waals surface area contributed by atoms with Crippen LogP contribution in [0, 0.1) is 6.92 Å². The second kappa shape index (κ2) is 5.70. The Morgan fingerprint density at radius 3 is 2.62 bits per heavy atom. The van der Waals surface area contributed by atoms with E-state index in [9.17, 15) is 4.79 Å². The summed E-state index contributed by atoms with van der Waals surface area (Å²) in [5.74, 6) is 0.0649. The third-order valence-corrected chi connectivity index (χ3v) is 4.09. The molecule has 21 heavy (non-hydrogen) atoms. The molecular formula is C18H19NO2. The average molecular weight is 281 g/mol. The molecule has 3 heteroatoms. The summed E-state index contributed by atoms with van der Waals surface area (Å²) in [6, 6.07) is 15.7. The summed E-state index contributed by atoms with van der Waals surface area (Å²) in [5.41, 5.74) is 3.83. The number of hydrogen-bond donors (Lipinski definition) is 0. The van der Waals surface area contributed by atoms with E-state index in [-0.39, 0.29) is 12.0 Å². The first-order chi connectivity index (χ1) is 10.2. The Morgan fingerprint density at radius 1 is 1.14 bits per heavy atom. The van der Waals surface area contributed by atoms with Gasteiger partial charge in [-0.1, -0.05) is 36.4 Å². The number of ether oxygens (including phenoxy) is 1. The van der Waals surface area contributed by atoms with Crippen LogP contribution in [0.2, 0.25) is 0 Å². The third kappa shape index (κ3) is 2.45. The van der Waals surface area contributed by atoms with Crippen molar-refractivity contribution in [1.82, 2.24) is 0 Å². The van der Waals surface area contributed by atoms with Crippen molar-refractivity contribution >= 4 is 11.6 Å². The normalized spacial score (nSPS) is 17.4. The molecule has 0 saturated carbocycles. The number of fused-ring (bicyclic) bond motifs is 1. The highest BCUT2D eigenvalue weighted by Crippen LogP contribution is 2.36. The van der Waals surface area contributed by atoms with E-state index < -0.39 is 0 Å². The van der Waals surface area contributed by atoms with Crippen LogP contribution in [0.15, 0.2) is 48.5 Å². The number of carbonyl (C=O) groups excluding carboxylic acids is 1. The van der Waals surface area contributed by atoms with Crippen molar-refractivity contribution in [2.75, 3.05) is 18.6 Å². The molecule has 2 aromatic rings. The first kappa shape index (κ1) is 13.8. The summed E-state index contributed by atoms with van der Waals surface area (Å²) in [7, 11) is 1.72. The Bertz CT molecular complexity index is 666. The van der Waals surface area contributed by atoms with Gasteiger partial charge in [-0.25, -0.2) is 0 Å². The van der Waals surface area contributed by atoms with Gasteiger partial charge in [0.25, 0.3) is 5.91 Å². The molecule has 3 nitrogen and oxygen atoms in total.